The molecule has 0 amide bonds. The van der Waals surface area contributed by atoms with Crippen LogP contribution in [0.4, 0.5) is 13.2 Å². The highest BCUT2D eigenvalue weighted by Gasteiger charge is 2.30. The van der Waals surface area contributed by atoms with Crippen LogP contribution in [0.1, 0.15) is 29.3 Å². The van der Waals surface area contributed by atoms with Gasteiger partial charge in [0.05, 0.1) is 13.7 Å². The summed E-state index contributed by atoms with van der Waals surface area (Å²) < 4.78 is 42.5. The maximum Gasteiger partial charge on any atom is 0.401 e. The van der Waals surface area contributed by atoms with Gasteiger partial charge in [-0.25, -0.2) is 4.79 Å². The van der Waals surface area contributed by atoms with Gasteiger partial charge in [-0.05, 0) is 30.7 Å². The summed E-state index contributed by atoms with van der Waals surface area (Å²) in [6, 6.07) is 4.31. The van der Waals surface area contributed by atoms with Crippen molar-refractivity contribution < 1.29 is 27.8 Å². The predicted molar refractivity (Wildman–Crippen MR) is 71.6 cm³/mol. The molecule has 0 spiro atoms. The lowest BCUT2D eigenvalue weighted by Gasteiger charge is -2.23. The standard InChI is InChI=1S/C14H18F3NO3/c1-3-6-18(9-14(15,16)17)8-10-4-5-11(13(19)20)12(7-10)21-2/h4-5,7H,3,6,8-9H2,1-2H3,(H,19,20). The molecule has 0 aliphatic heterocycles. The summed E-state index contributed by atoms with van der Waals surface area (Å²) in [5.74, 6) is -0.998. The Hall–Kier alpha value is -1.76. The monoisotopic (exact) mass is 305 g/mol. The van der Waals surface area contributed by atoms with Gasteiger partial charge in [0.2, 0.25) is 0 Å². The Kier molecular flexibility index (Phi) is 6.02. The number of alkyl halides is 3. The molecule has 7 heteroatoms. The molecule has 118 valence electrons. The summed E-state index contributed by atoms with van der Waals surface area (Å²) in [5, 5.41) is 8.97. The van der Waals surface area contributed by atoms with Gasteiger partial charge in [0.15, 0.2) is 0 Å². The molecule has 0 unspecified atom stereocenters. The molecule has 0 saturated heterocycles. The first kappa shape index (κ1) is 17.3. The zero-order valence-corrected chi connectivity index (χ0v) is 11.9. The lowest BCUT2D eigenvalue weighted by molar-refractivity contribution is -0.147. The van der Waals surface area contributed by atoms with Crippen LogP contribution in [0, 0.1) is 0 Å². The third-order valence-corrected chi connectivity index (χ3v) is 2.85. The molecule has 0 fully saturated rings. The largest absolute Gasteiger partial charge is 0.496 e. The van der Waals surface area contributed by atoms with E-state index in [2.05, 4.69) is 0 Å². The van der Waals surface area contributed by atoms with Crippen LogP contribution < -0.4 is 4.74 Å². The number of carbonyl (C=O) groups is 1. The highest BCUT2D eigenvalue weighted by Crippen LogP contribution is 2.23. The van der Waals surface area contributed by atoms with Crippen molar-refractivity contribution >= 4 is 5.97 Å². The van der Waals surface area contributed by atoms with Gasteiger partial charge in [-0.2, -0.15) is 13.2 Å². The van der Waals surface area contributed by atoms with E-state index in [4.69, 9.17) is 9.84 Å². The van der Waals surface area contributed by atoms with Gasteiger partial charge in [0.25, 0.3) is 0 Å². The maximum atomic E-state index is 12.5. The second-order valence-electron chi connectivity index (χ2n) is 4.67. The first-order valence-corrected chi connectivity index (χ1v) is 6.46. The molecule has 0 aromatic heterocycles. The Morgan fingerprint density at radius 3 is 2.52 bits per heavy atom. The molecule has 4 nitrogen and oxygen atoms in total. The molecular formula is C14H18F3NO3. The smallest absolute Gasteiger partial charge is 0.401 e. The van der Waals surface area contributed by atoms with E-state index >= 15 is 0 Å². The number of carboxylic acid groups (broad SMARTS) is 1. The Morgan fingerprint density at radius 2 is 2.05 bits per heavy atom. The van der Waals surface area contributed by atoms with Gasteiger partial charge in [-0.3, -0.25) is 4.90 Å². The molecule has 1 rings (SSSR count). The predicted octanol–water partition coefficient (Wildman–Crippen LogP) is 3.17. The molecule has 1 N–H and O–H groups in total. The molecule has 0 aliphatic rings. The zero-order chi connectivity index (χ0) is 16.0. The van der Waals surface area contributed by atoms with E-state index in [1.54, 1.807) is 6.92 Å². The lowest BCUT2D eigenvalue weighted by Crippen LogP contribution is -2.34. The summed E-state index contributed by atoms with van der Waals surface area (Å²) >= 11 is 0. The Balaban J connectivity index is 2.91. The van der Waals surface area contributed by atoms with Crippen molar-refractivity contribution in [1.29, 1.82) is 0 Å². The van der Waals surface area contributed by atoms with Crippen LogP contribution in [-0.4, -0.2) is 42.4 Å². The number of carboxylic acids is 1. The first-order valence-electron chi connectivity index (χ1n) is 6.46. The van der Waals surface area contributed by atoms with Gasteiger partial charge < -0.3 is 9.84 Å². The minimum Gasteiger partial charge on any atom is -0.496 e. The average Bonchev–Trinajstić information content (AvgIpc) is 2.36. The summed E-state index contributed by atoms with van der Waals surface area (Å²) in [5.41, 5.74) is 0.564. The van der Waals surface area contributed by atoms with Gasteiger partial charge in [0, 0.05) is 6.54 Å². The van der Waals surface area contributed by atoms with Crippen molar-refractivity contribution in [3.05, 3.63) is 29.3 Å². The van der Waals surface area contributed by atoms with Gasteiger partial charge in [0.1, 0.15) is 11.3 Å². The number of nitrogens with zero attached hydrogens (tertiary/aromatic N) is 1. The lowest BCUT2D eigenvalue weighted by atomic mass is 10.1. The number of hydrogen-bond donors (Lipinski definition) is 1. The topological polar surface area (TPSA) is 49.8 Å². The van der Waals surface area contributed by atoms with Crippen LogP contribution in [-0.2, 0) is 6.54 Å². The minimum absolute atomic E-state index is 0.0147. The van der Waals surface area contributed by atoms with Crippen molar-refractivity contribution in [2.24, 2.45) is 0 Å². The van der Waals surface area contributed by atoms with Crippen molar-refractivity contribution in [1.82, 2.24) is 4.90 Å². The first-order chi connectivity index (χ1) is 9.76. The van der Waals surface area contributed by atoms with E-state index < -0.39 is 18.7 Å². The van der Waals surface area contributed by atoms with Crippen LogP contribution in [0.5, 0.6) is 5.75 Å². The zero-order valence-electron chi connectivity index (χ0n) is 11.9. The van der Waals surface area contributed by atoms with Crippen molar-refractivity contribution in [2.45, 2.75) is 26.1 Å². The summed E-state index contributed by atoms with van der Waals surface area (Å²) in [6.45, 7) is 1.20. The van der Waals surface area contributed by atoms with E-state index in [-0.39, 0.29) is 17.9 Å². The van der Waals surface area contributed by atoms with Crippen molar-refractivity contribution in [2.75, 3.05) is 20.2 Å². The number of hydrogen-bond acceptors (Lipinski definition) is 3. The SMILES string of the molecule is CCCN(Cc1ccc(C(=O)O)c(OC)c1)CC(F)(F)F. The number of halogens is 3. The van der Waals surface area contributed by atoms with Gasteiger partial charge >= 0.3 is 12.1 Å². The quantitative estimate of drug-likeness (QED) is 0.840. The molecular weight excluding hydrogens is 287 g/mol. The van der Waals surface area contributed by atoms with E-state index in [0.29, 0.717) is 18.5 Å². The number of benzene rings is 1. The fraction of sp³-hybridized carbons (Fsp3) is 0.500. The molecule has 0 radical (unpaired) electrons. The molecule has 0 saturated carbocycles. The number of aromatic carboxylic acids is 1. The molecule has 0 bridgehead atoms. The molecule has 0 atom stereocenters. The molecule has 0 aliphatic carbocycles. The Morgan fingerprint density at radius 1 is 1.38 bits per heavy atom. The maximum absolute atomic E-state index is 12.5. The van der Waals surface area contributed by atoms with Gasteiger partial charge in [-0.15, -0.1) is 0 Å². The van der Waals surface area contributed by atoms with E-state index in [1.807, 2.05) is 0 Å². The van der Waals surface area contributed by atoms with E-state index in [9.17, 15) is 18.0 Å². The summed E-state index contributed by atoms with van der Waals surface area (Å²) in [6.07, 6.45) is -3.67. The van der Waals surface area contributed by atoms with E-state index in [1.165, 1.54) is 30.2 Å². The summed E-state index contributed by atoms with van der Waals surface area (Å²) in [7, 11) is 1.32. The fourth-order valence-corrected chi connectivity index (χ4v) is 2.05. The van der Waals surface area contributed by atoms with Crippen molar-refractivity contribution in [3.8, 4) is 5.75 Å². The minimum atomic E-state index is -4.26. The van der Waals surface area contributed by atoms with Crippen LogP contribution in [0.15, 0.2) is 18.2 Å². The number of ether oxygens (including phenoxy) is 1. The second-order valence-corrected chi connectivity index (χ2v) is 4.67. The third kappa shape index (κ3) is 5.63. The molecule has 1 aromatic rings. The summed E-state index contributed by atoms with van der Waals surface area (Å²) in [4.78, 5) is 12.2. The van der Waals surface area contributed by atoms with E-state index in [0.717, 1.165) is 0 Å². The second kappa shape index (κ2) is 7.31. The highest BCUT2D eigenvalue weighted by molar-refractivity contribution is 5.90. The van der Waals surface area contributed by atoms with Crippen LogP contribution in [0.25, 0.3) is 0 Å². The Labute approximate surface area is 121 Å². The highest BCUT2D eigenvalue weighted by atomic mass is 19.4. The normalized spacial score (nSPS) is 11.7. The Bertz CT molecular complexity index is 489. The van der Waals surface area contributed by atoms with Crippen molar-refractivity contribution in [3.63, 3.8) is 0 Å². The number of methoxy groups -OCH3 is 1. The van der Waals surface area contributed by atoms with Crippen LogP contribution in [0.3, 0.4) is 0 Å². The van der Waals surface area contributed by atoms with Gasteiger partial charge in [-0.1, -0.05) is 13.0 Å². The number of rotatable bonds is 7. The molecule has 1 aromatic carbocycles. The molecule has 21 heavy (non-hydrogen) atoms. The van der Waals surface area contributed by atoms with Crippen LogP contribution >= 0.6 is 0 Å². The average molecular weight is 305 g/mol. The molecule has 0 heterocycles. The van der Waals surface area contributed by atoms with Crippen LogP contribution in [0.2, 0.25) is 0 Å². The third-order valence-electron chi connectivity index (χ3n) is 2.85. The fourth-order valence-electron chi connectivity index (χ4n) is 2.05.